The Morgan fingerprint density at radius 1 is 0.583 bits per heavy atom. The highest BCUT2D eigenvalue weighted by Gasteiger charge is 2.44. The van der Waals surface area contributed by atoms with Crippen LogP contribution in [0.2, 0.25) is 0 Å². The molecule has 0 aromatic heterocycles. The van der Waals surface area contributed by atoms with Crippen LogP contribution in [-0.2, 0) is 14.3 Å². The first-order chi connectivity index (χ1) is 29.3. The first kappa shape index (κ1) is 54.6. The van der Waals surface area contributed by atoms with Gasteiger partial charge < -0.3 is 40.3 Å². The molecule has 0 aliphatic carbocycles. The van der Waals surface area contributed by atoms with Gasteiger partial charge in [0.25, 0.3) is 0 Å². The Labute approximate surface area is 363 Å². The van der Waals surface area contributed by atoms with Crippen molar-refractivity contribution in [3.8, 4) is 0 Å². The molecule has 9 heteroatoms. The molecule has 0 spiro atoms. The number of aliphatic hydroxyl groups is 5. The highest BCUT2D eigenvalue weighted by molar-refractivity contribution is 5.76. The summed E-state index contributed by atoms with van der Waals surface area (Å²) in [6.45, 7) is 3.51. The standard InChI is InChI=1S/C51H81NO8/c1-3-5-7-9-11-12-13-14-15-16-17-18-19-20-21-22-23-24-25-26-27-28-29-30-31-32-33-34-35-37-39-41-47(55)52-44(45(54)40-38-36-10-8-6-4-2)43-59-51-50(58)49(57)48(56)46(42-53)60-51/h5,7,11-12,14-15,17-18,20-21,23-24,26-27,29-30,32-33,38,40,44-46,48-51,53-54,56-58H,3-4,6,8-10,13,16,19,22,25,28,31,34-37,39,41-43H2,1-2H3,(H,52,55)/b7-5-,12-11-,15-14-,18-17-,21-20-,24-23-,27-26-,30-29-,33-32-,40-38+. The van der Waals surface area contributed by atoms with E-state index in [0.29, 0.717) is 12.8 Å². The molecular weight excluding hydrogens is 755 g/mol. The third-order valence-electron chi connectivity index (χ3n) is 9.79. The Kier molecular flexibility index (Phi) is 36.1. The Morgan fingerprint density at radius 2 is 1.03 bits per heavy atom. The van der Waals surface area contributed by atoms with Crippen LogP contribution in [0.4, 0.5) is 0 Å². The van der Waals surface area contributed by atoms with Gasteiger partial charge in [0, 0.05) is 6.42 Å². The Bertz CT molecular complexity index is 1340. The van der Waals surface area contributed by atoms with Gasteiger partial charge in [0.05, 0.1) is 25.4 Å². The number of amides is 1. The van der Waals surface area contributed by atoms with Crippen molar-refractivity contribution in [2.45, 2.75) is 179 Å². The first-order valence-corrected chi connectivity index (χ1v) is 22.8. The van der Waals surface area contributed by atoms with Crippen LogP contribution in [0.25, 0.3) is 0 Å². The maximum atomic E-state index is 12.9. The second-order valence-corrected chi connectivity index (χ2v) is 15.1. The Morgan fingerprint density at radius 3 is 1.50 bits per heavy atom. The van der Waals surface area contributed by atoms with E-state index in [1.54, 1.807) is 6.08 Å². The largest absolute Gasteiger partial charge is 0.394 e. The number of ether oxygens (including phenoxy) is 2. The number of carbonyl (C=O) groups excluding carboxylic acids is 1. The zero-order valence-corrected chi connectivity index (χ0v) is 36.9. The first-order valence-electron chi connectivity index (χ1n) is 22.8. The van der Waals surface area contributed by atoms with E-state index in [4.69, 9.17) is 9.47 Å². The number of hydrogen-bond donors (Lipinski definition) is 6. The maximum Gasteiger partial charge on any atom is 0.220 e. The van der Waals surface area contributed by atoms with Gasteiger partial charge >= 0.3 is 0 Å². The molecule has 1 fully saturated rings. The molecule has 338 valence electrons. The lowest BCUT2D eigenvalue weighted by Crippen LogP contribution is -2.60. The number of rotatable bonds is 35. The molecule has 0 bridgehead atoms. The summed E-state index contributed by atoms with van der Waals surface area (Å²) in [6, 6.07) is -0.828. The Hall–Kier alpha value is -3.41. The number of allylic oxidation sites excluding steroid dienone is 19. The predicted molar refractivity (Wildman–Crippen MR) is 248 cm³/mol. The summed E-state index contributed by atoms with van der Waals surface area (Å²) < 4.78 is 11.1. The van der Waals surface area contributed by atoms with Gasteiger partial charge in [-0.3, -0.25) is 4.79 Å². The molecule has 9 nitrogen and oxygen atoms in total. The van der Waals surface area contributed by atoms with Crippen LogP contribution in [0, 0.1) is 0 Å². The smallest absolute Gasteiger partial charge is 0.220 e. The van der Waals surface area contributed by atoms with E-state index in [-0.39, 0.29) is 12.5 Å². The average Bonchev–Trinajstić information content (AvgIpc) is 3.25. The van der Waals surface area contributed by atoms with E-state index in [1.807, 2.05) is 6.08 Å². The van der Waals surface area contributed by atoms with E-state index in [1.165, 1.54) is 0 Å². The van der Waals surface area contributed by atoms with Crippen LogP contribution >= 0.6 is 0 Å². The van der Waals surface area contributed by atoms with Crippen molar-refractivity contribution in [2.75, 3.05) is 13.2 Å². The van der Waals surface area contributed by atoms with Crippen molar-refractivity contribution >= 4 is 5.91 Å². The highest BCUT2D eigenvalue weighted by atomic mass is 16.7. The molecule has 6 N–H and O–H groups in total. The minimum atomic E-state index is -1.58. The number of unbranched alkanes of at least 4 members (excludes halogenated alkanes) is 7. The second kappa shape index (κ2) is 39.7. The minimum absolute atomic E-state index is 0.213. The number of nitrogens with one attached hydrogen (secondary N) is 1. The van der Waals surface area contributed by atoms with E-state index in [9.17, 15) is 30.3 Å². The molecule has 7 unspecified atom stereocenters. The fraction of sp³-hybridized carbons (Fsp3) is 0.588. The lowest BCUT2D eigenvalue weighted by atomic mass is 9.99. The van der Waals surface area contributed by atoms with Crippen molar-refractivity contribution in [2.24, 2.45) is 0 Å². The van der Waals surface area contributed by atoms with Crippen LogP contribution in [-0.4, -0.2) is 87.5 Å². The molecule has 1 aliphatic rings. The summed E-state index contributed by atoms with van der Waals surface area (Å²) in [5.41, 5.74) is 0. The van der Waals surface area contributed by atoms with Crippen molar-refractivity contribution < 1.29 is 39.8 Å². The van der Waals surface area contributed by atoms with Crippen molar-refractivity contribution in [3.63, 3.8) is 0 Å². The topological polar surface area (TPSA) is 149 Å². The summed E-state index contributed by atoms with van der Waals surface area (Å²) in [4.78, 5) is 12.9. The second-order valence-electron chi connectivity index (χ2n) is 15.1. The lowest BCUT2D eigenvalue weighted by molar-refractivity contribution is -0.302. The zero-order chi connectivity index (χ0) is 43.7. The molecule has 7 atom stereocenters. The van der Waals surface area contributed by atoms with E-state index in [0.717, 1.165) is 109 Å². The molecule has 0 aromatic rings. The molecular formula is C51H81NO8. The molecule has 1 heterocycles. The van der Waals surface area contributed by atoms with Gasteiger partial charge in [-0.2, -0.15) is 0 Å². The van der Waals surface area contributed by atoms with Crippen molar-refractivity contribution in [1.82, 2.24) is 5.32 Å². The fourth-order valence-electron chi connectivity index (χ4n) is 6.14. The predicted octanol–water partition coefficient (Wildman–Crippen LogP) is 9.66. The molecule has 1 amide bonds. The van der Waals surface area contributed by atoms with Gasteiger partial charge in [-0.15, -0.1) is 0 Å². The van der Waals surface area contributed by atoms with Gasteiger partial charge in [-0.05, 0) is 89.9 Å². The SMILES string of the molecule is CC/C=C\C/C=C\C/C=C\C/C=C\C/C=C\C/C=C\C/C=C\C/C=C\C/C=C\CCCCCC(=O)NC(COC1OC(CO)C(O)C(O)C1O)C(O)/C=C/CCCCCC. The third-order valence-corrected chi connectivity index (χ3v) is 9.79. The summed E-state index contributed by atoms with van der Waals surface area (Å²) >= 11 is 0. The average molecular weight is 836 g/mol. The summed E-state index contributed by atoms with van der Waals surface area (Å²) in [5, 5.41) is 53.7. The van der Waals surface area contributed by atoms with Crippen LogP contribution in [0.1, 0.15) is 136 Å². The molecule has 1 aliphatic heterocycles. The monoisotopic (exact) mass is 836 g/mol. The number of hydrogen-bond acceptors (Lipinski definition) is 8. The van der Waals surface area contributed by atoms with Crippen LogP contribution in [0.3, 0.4) is 0 Å². The van der Waals surface area contributed by atoms with Crippen LogP contribution < -0.4 is 5.32 Å². The van der Waals surface area contributed by atoms with Crippen molar-refractivity contribution in [1.29, 1.82) is 0 Å². The van der Waals surface area contributed by atoms with Gasteiger partial charge in [-0.1, -0.05) is 161 Å². The molecule has 1 saturated heterocycles. The van der Waals surface area contributed by atoms with E-state index >= 15 is 0 Å². The number of aliphatic hydroxyl groups excluding tert-OH is 5. The zero-order valence-electron chi connectivity index (χ0n) is 36.9. The van der Waals surface area contributed by atoms with Crippen molar-refractivity contribution in [3.05, 3.63) is 122 Å². The molecule has 1 rings (SSSR count). The summed E-state index contributed by atoms with van der Waals surface area (Å²) in [7, 11) is 0. The maximum absolute atomic E-state index is 12.9. The third kappa shape index (κ3) is 29.8. The summed E-state index contributed by atoms with van der Waals surface area (Å²) in [6.07, 6.45) is 52.9. The number of carbonyl (C=O) groups is 1. The van der Waals surface area contributed by atoms with Crippen LogP contribution in [0.5, 0.6) is 0 Å². The fourth-order valence-corrected chi connectivity index (χ4v) is 6.14. The molecule has 60 heavy (non-hydrogen) atoms. The molecule has 0 radical (unpaired) electrons. The van der Waals surface area contributed by atoms with Gasteiger partial charge in [0.2, 0.25) is 5.91 Å². The normalized spacial score (nSPS) is 21.8. The van der Waals surface area contributed by atoms with Crippen LogP contribution in [0.15, 0.2) is 122 Å². The minimum Gasteiger partial charge on any atom is -0.394 e. The van der Waals surface area contributed by atoms with Gasteiger partial charge in [0.15, 0.2) is 6.29 Å². The highest BCUT2D eigenvalue weighted by Crippen LogP contribution is 2.22. The quantitative estimate of drug-likeness (QED) is 0.0273. The molecule has 0 saturated carbocycles. The van der Waals surface area contributed by atoms with E-state index in [2.05, 4.69) is 129 Å². The molecule has 0 aromatic carbocycles. The summed E-state index contributed by atoms with van der Waals surface area (Å²) in [5.74, 6) is -0.222. The lowest BCUT2D eigenvalue weighted by Gasteiger charge is -2.40. The van der Waals surface area contributed by atoms with Gasteiger partial charge in [0.1, 0.15) is 24.4 Å². The van der Waals surface area contributed by atoms with E-state index < -0.39 is 49.5 Å². The Balaban J connectivity index is 2.23. The van der Waals surface area contributed by atoms with Gasteiger partial charge in [-0.25, -0.2) is 0 Å².